The lowest BCUT2D eigenvalue weighted by atomic mass is 9.73. The molecule has 29 heavy (non-hydrogen) atoms. The molecular weight excluding hydrogens is 352 g/mol. The molecule has 3 atom stereocenters. The Morgan fingerprint density at radius 2 is 1.10 bits per heavy atom. The van der Waals surface area contributed by atoms with Crippen LogP contribution >= 0.6 is 0 Å². The number of fused-ring (bicyclic) bond motifs is 1. The first-order valence-corrected chi connectivity index (χ1v) is 10.2. The van der Waals surface area contributed by atoms with Crippen LogP contribution in [0.5, 0.6) is 0 Å². The SMILES string of the molecule is O[C@]1(Cc2ccccc2)c2ccccc2[C@H](c2ccccc2)[C@@H]1c1ccccc1. The maximum absolute atomic E-state index is 12.3. The number of hydrogen-bond acceptors (Lipinski definition) is 1. The summed E-state index contributed by atoms with van der Waals surface area (Å²) in [7, 11) is 0. The first-order chi connectivity index (χ1) is 14.3. The zero-order valence-corrected chi connectivity index (χ0v) is 16.3. The Labute approximate surface area is 172 Å². The third-order valence-electron chi connectivity index (χ3n) is 6.24. The molecule has 4 aromatic rings. The molecular formula is C28H24O. The molecule has 0 saturated heterocycles. The van der Waals surface area contributed by atoms with Crippen LogP contribution in [0.3, 0.4) is 0 Å². The van der Waals surface area contributed by atoms with Crippen molar-refractivity contribution in [3.63, 3.8) is 0 Å². The average Bonchev–Trinajstić information content (AvgIpc) is 3.04. The van der Waals surface area contributed by atoms with E-state index in [-0.39, 0.29) is 11.8 Å². The van der Waals surface area contributed by atoms with Crippen LogP contribution in [0, 0.1) is 0 Å². The van der Waals surface area contributed by atoms with Gasteiger partial charge >= 0.3 is 0 Å². The van der Waals surface area contributed by atoms with Crippen LogP contribution in [0.2, 0.25) is 0 Å². The van der Waals surface area contributed by atoms with E-state index in [1.807, 2.05) is 30.3 Å². The summed E-state index contributed by atoms with van der Waals surface area (Å²) in [4.78, 5) is 0. The van der Waals surface area contributed by atoms with Crippen molar-refractivity contribution in [3.05, 3.63) is 143 Å². The second kappa shape index (κ2) is 7.35. The molecule has 0 fully saturated rings. The van der Waals surface area contributed by atoms with E-state index >= 15 is 0 Å². The van der Waals surface area contributed by atoms with Gasteiger partial charge in [-0.3, -0.25) is 0 Å². The summed E-state index contributed by atoms with van der Waals surface area (Å²) < 4.78 is 0. The predicted molar refractivity (Wildman–Crippen MR) is 118 cm³/mol. The van der Waals surface area contributed by atoms with Crippen molar-refractivity contribution in [2.45, 2.75) is 23.9 Å². The highest BCUT2D eigenvalue weighted by molar-refractivity contribution is 5.53. The molecule has 0 aliphatic heterocycles. The van der Waals surface area contributed by atoms with Gasteiger partial charge < -0.3 is 5.11 Å². The van der Waals surface area contributed by atoms with Gasteiger partial charge in [-0.1, -0.05) is 115 Å². The van der Waals surface area contributed by atoms with E-state index in [2.05, 4.69) is 84.9 Å². The van der Waals surface area contributed by atoms with Gasteiger partial charge in [0.25, 0.3) is 0 Å². The molecule has 1 aliphatic carbocycles. The third kappa shape index (κ3) is 3.08. The number of hydrogen-bond donors (Lipinski definition) is 1. The van der Waals surface area contributed by atoms with Gasteiger partial charge in [-0.25, -0.2) is 0 Å². The van der Waals surface area contributed by atoms with Crippen LogP contribution in [0.15, 0.2) is 115 Å². The minimum absolute atomic E-state index is 0.0521. The van der Waals surface area contributed by atoms with E-state index in [0.29, 0.717) is 6.42 Å². The van der Waals surface area contributed by atoms with Gasteiger partial charge in [-0.15, -0.1) is 0 Å². The van der Waals surface area contributed by atoms with E-state index in [9.17, 15) is 5.11 Å². The summed E-state index contributed by atoms with van der Waals surface area (Å²) in [5.41, 5.74) is 4.88. The standard InChI is InChI=1S/C28H24O/c29-28(20-21-12-4-1-5-13-21)25-19-11-10-18-24(25)26(22-14-6-2-7-15-22)27(28)23-16-8-3-9-17-23/h1-19,26-27,29H,20H2/t26-,27-,28+/m0/s1. The van der Waals surface area contributed by atoms with Gasteiger partial charge in [0.05, 0.1) is 0 Å². The van der Waals surface area contributed by atoms with E-state index in [1.165, 1.54) is 16.7 Å². The fourth-order valence-electron chi connectivity index (χ4n) is 5.06. The molecule has 0 unspecified atom stereocenters. The molecule has 1 nitrogen and oxygen atoms in total. The van der Waals surface area contributed by atoms with Crippen molar-refractivity contribution in [3.8, 4) is 0 Å². The highest BCUT2D eigenvalue weighted by Gasteiger charge is 2.52. The summed E-state index contributed by atoms with van der Waals surface area (Å²) >= 11 is 0. The fraction of sp³-hybridized carbons (Fsp3) is 0.143. The van der Waals surface area contributed by atoms with Crippen molar-refractivity contribution in [1.82, 2.24) is 0 Å². The van der Waals surface area contributed by atoms with Gasteiger partial charge in [0.1, 0.15) is 5.60 Å². The Morgan fingerprint density at radius 3 is 1.76 bits per heavy atom. The van der Waals surface area contributed by atoms with Crippen LogP contribution in [0.25, 0.3) is 0 Å². The third-order valence-corrected chi connectivity index (χ3v) is 6.24. The number of aliphatic hydroxyl groups is 1. The monoisotopic (exact) mass is 376 g/mol. The Balaban J connectivity index is 1.73. The molecule has 0 spiro atoms. The summed E-state index contributed by atoms with van der Waals surface area (Å²) in [6.45, 7) is 0. The van der Waals surface area contributed by atoms with Crippen molar-refractivity contribution in [1.29, 1.82) is 0 Å². The van der Waals surface area contributed by atoms with Crippen LogP contribution in [-0.4, -0.2) is 5.11 Å². The van der Waals surface area contributed by atoms with E-state index in [0.717, 1.165) is 11.1 Å². The first kappa shape index (κ1) is 17.9. The van der Waals surface area contributed by atoms with Gasteiger partial charge in [0.2, 0.25) is 0 Å². The minimum Gasteiger partial charge on any atom is -0.384 e. The maximum Gasteiger partial charge on any atom is 0.102 e. The van der Waals surface area contributed by atoms with E-state index < -0.39 is 5.60 Å². The molecule has 0 radical (unpaired) electrons. The smallest absolute Gasteiger partial charge is 0.102 e. The largest absolute Gasteiger partial charge is 0.384 e. The second-order valence-electron chi connectivity index (χ2n) is 7.95. The summed E-state index contributed by atoms with van der Waals surface area (Å²) in [5.74, 6) is 0.0622. The molecule has 0 aromatic heterocycles. The minimum atomic E-state index is -0.972. The van der Waals surface area contributed by atoms with Gasteiger partial charge in [0, 0.05) is 18.3 Å². The first-order valence-electron chi connectivity index (χ1n) is 10.2. The molecule has 1 aliphatic rings. The molecule has 0 heterocycles. The van der Waals surface area contributed by atoms with E-state index in [4.69, 9.17) is 0 Å². The lowest BCUT2D eigenvalue weighted by Crippen LogP contribution is -2.34. The molecule has 1 N–H and O–H groups in total. The lowest BCUT2D eigenvalue weighted by molar-refractivity contribution is 0.0152. The number of rotatable bonds is 4. The van der Waals surface area contributed by atoms with Crippen molar-refractivity contribution < 1.29 is 5.11 Å². The Morgan fingerprint density at radius 1 is 0.586 bits per heavy atom. The van der Waals surface area contributed by atoms with E-state index in [1.54, 1.807) is 0 Å². The summed E-state index contributed by atoms with van der Waals surface area (Å²) in [6.07, 6.45) is 0.591. The fourth-order valence-corrected chi connectivity index (χ4v) is 5.06. The molecule has 0 amide bonds. The van der Waals surface area contributed by atoms with Crippen LogP contribution in [-0.2, 0) is 12.0 Å². The zero-order chi connectivity index (χ0) is 19.7. The predicted octanol–water partition coefficient (Wildman–Crippen LogP) is 6.05. The molecule has 0 bridgehead atoms. The lowest BCUT2D eigenvalue weighted by Gasteiger charge is -2.34. The average molecular weight is 376 g/mol. The topological polar surface area (TPSA) is 20.2 Å². The van der Waals surface area contributed by atoms with Gasteiger partial charge in [-0.2, -0.15) is 0 Å². The molecule has 5 rings (SSSR count). The Hall–Kier alpha value is -3.16. The molecule has 1 heteroatoms. The highest BCUT2D eigenvalue weighted by atomic mass is 16.3. The highest BCUT2D eigenvalue weighted by Crippen LogP contribution is 2.57. The Bertz CT molecular complexity index is 1090. The van der Waals surface area contributed by atoms with Crippen LogP contribution in [0.1, 0.15) is 39.7 Å². The summed E-state index contributed by atoms with van der Waals surface area (Å²) in [6, 6.07) is 39.9. The molecule has 0 saturated carbocycles. The normalized spacial score (nSPS) is 22.9. The maximum atomic E-state index is 12.3. The van der Waals surface area contributed by atoms with Gasteiger partial charge in [0.15, 0.2) is 0 Å². The second-order valence-corrected chi connectivity index (χ2v) is 7.95. The zero-order valence-electron chi connectivity index (χ0n) is 16.3. The van der Waals surface area contributed by atoms with Crippen molar-refractivity contribution in [2.75, 3.05) is 0 Å². The number of benzene rings is 4. The van der Waals surface area contributed by atoms with Gasteiger partial charge in [-0.05, 0) is 27.8 Å². The Kier molecular flexibility index (Phi) is 4.54. The van der Waals surface area contributed by atoms with Crippen LogP contribution < -0.4 is 0 Å². The quantitative estimate of drug-likeness (QED) is 0.460. The van der Waals surface area contributed by atoms with Crippen LogP contribution in [0.4, 0.5) is 0 Å². The van der Waals surface area contributed by atoms with Crippen molar-refractivity contribution in [2.24, 2.45) is 0 Å². The summed E-state index contributed by atoms with van der Waals surface area (Å²) in [5, 5.41) is 12.3. The molecule has 142 valence electrons. The van der Waals surface area contributed by atoms with Crippen molar-refractivity contribution >= 4 is 0 Å². The molecule has 4 aromatic carbocycles.